The molecule has 114 valence electrons. The standard InChI is InChI=1S/C14H24BrN3O2/c1-10(2)7-17-14(20)18-6-4-5-12(9-18)13(19)16-8-11(3)15/h10,12H,3-9H2,1-2H3,(H,16,19)(H,17,20)/t12-/m1/s1. The molecule has 0 bridgehead atoms. The molecule has 5 nitrogen and oxygen atoms in total. The molecule has 0 aromatic rings. The molecule has 0 spiro atoms. The van der Waals surface area contributed by atoms with Gasteiger partial charge in [0.25, 0.3) is 0 Å². The van der Waals surface area contributed by atoms with Crippen molar-refractivity contribution in [1.29, 1.82) is 0 Å². The number of hydrogen-bond donors (Lipinski definition) is 2. The van der Waals surface area contributed by atoms with E-state index in [1.807, 2.05) is 0 Å². The van der Waals surface area contributed by atoms with Crippen molar-refractivity contribution in [1.82, 2.24) is 15.5 Å². The van der Waals surface area contributed by atoms with Crippen molar-refractivity contribution in [3.8, 4) is 0 Å². The van der Waals surface area contributed by atoms with Crippen LogP contribution in [0.15, 0.2) is 11.1 Å². The minimum Gasteiger partial charge on any atom is -0.351 e. The van der Waals surface area contributed by atoms with Gasteiger partial charge in [0.1, 0.15) is 0 Å². The Balaban J connectivity index is 2.43. The third-order valence-corrected chi connectivity index (χ3v) is 3.48. The van der Waals surface area contributed by atoms with Gasteiger partial charge in [-0.1, -0.05) is 36.4 Å². The van der Waals surface area contributed by atoms with Gasteiger partial charge >= 0.3 is 6.03 Å². The highest BCUT2D eigenvalue weighted by Crippen LogP contribution is 2.17. The van der Waals surface area contributed by atoms with Gasteiger partial charge in [0.15, 0.2) is 0 Å². The average molecular weight is 346 g/mol. The first-order chi connectivity index (χ1) is 9.40. The molecule has 6 heteroatoms. The number of piperidine rings is 1. The first kappa shape index (κ1) is 17.0. The number of rotatable bonds is 5. The van der Waals surface area contributed by atoms with Crippen molar-refractivity contribution in [2.24, 2.45) is 11.8 Å². The maximum absolute atomic E-state index is 12.0. The van der Waals surface area contributed by atoms with Crippen LogP contribution in [-0.2, 0) is 4.79 Å². The highest BCUT2D eigenvalue weighted by atomic mass is 79.9. The lowest BCUT2D eigenvalue weighted by Gasteiger charge is -2.32. The quantitative estimate of drug-likeness (QED) is 0.801. The minimum atomic E-state index is -0.125. The van der Waals surface area contributed by atoms with E-state index in [0.29, 0.717) is 25.6 Å². The molecule has 2 N–H and O–H groups in total. The second-order valence-corrected chi connectivity index (χ2v) is 6.72. The summed E-state index contributed by atoms with van der Waals surface area (Å²) in [5.74, 6) is 0.292. The van der Waals surface area contributed by atoms with E-state index < -0.39 is 0 Å². The van der Waals surface area contributed by atoms with Gasteiger partial charge in [0, 0.05) is 30.7 Å². The van der Waals surface area contributed by atoms with Crippen molar-refractivity contribution < 1.29 is 9.59 Å². The zero-order valence-electron chi connectivity index (χ0n) is 12.2. The van der Waals surface area contributed by atoms with Crippen LogP contribution in [0.5, 0.6) is 0 Å². The molecule has 1 heterocycles. The first-order valence-corrected chi connectivity index (χ1v) is 7.83. The number of hydrogen-bond acceptors (Lipinski definition) is 2. The van der Waals surface area contributed by atoms with Crippen LogP contribution in [0.25, 0.3) is 0 Å². The smallest absolute Gasteiger partial charge is 0.317 e. The van der Waals surface area contributed by atoms with Gasteiger partial charge in [-0.15, -0.1) is 0 Å². The number of carbonyl (C=O) groups is 2. The molecule has 0 aromatic carbocycles. The predicted octanol–water partition coefficient (Wildman–Crippen LogP) is 2.09. The van der Waals surface area contributed by atoms with E-state index in [9.17, 15) is 9.59 Å². The Hall–Kier alpha value is -1.04. The Morgan fingerprint density at radius 1 is 1.40 bits per heavy atom. The van der Waals surface area contributed by atoms with E-state index in [1.165, 1.54) is 0 Å². The van der Waals surface area contributed by atoms with Crippen LogP contribution in [0.4, 0.5) is 4.79 Å². The second-order valence-electron chi connectivity index (χ2n) is 5.60. The molecule has 1 saturated heterocycles. The van der Waals surface area contributed by atoms with Crippen molar-refractivity contribution in [3.05, 3.63) is 11.1 Å². The van der Waals surface area contributed by atoms with Gasteiger partial charge in [0.05, 0.1) is 5.92 Å². The van der Waals surface area contributed by atoms with Gasteiger partial charge < -0.3 is 15.5 Å². The molecule has 0 radical (unpaired) electrons. The van der Waals surface area contributed by atoms with Gasteiger partial charge in [-0.2, -0.15) is 0 Å². The Morgan fingerprint density at radius 2 is 2.10 bits per heavy atom. The van der Waals surface area contributed by atoms with E-state index in [-0.39, 0.29) is 17.9 Å². The molecular formula is C14H24BrN3O2. The molecule has 1 atom stereocenters. The molecule has 0 saturated carbocycles. The monoisotopic (exact) mass is 345 g/mol. The lowest BCUT2D eigenvalue weighted by molar-refractivity contribution is -0.126. The normalized spacial score (nSPS) is 18.8. The van der Waals surface area contributed by atoms with Crippen LogP contribution in [0.1, 0.15) is 26.7 Å². The molecule has 3 amide bonds. The van der Waals surface area contributed by atoms with Crippen molar-refractivity contribution >= 4 is 27.9 Å². The van der Waals surface area contributed by atoms with Gasteiger partial charge in [-0.25, -0.2) is 4.79 Å². The average Bonchev–Trinajstić information content (AvgIpc) is 2.42. The van der Waals surface area contributed by atoms with Crippen LogP contribution >= 0.6 is 15.9 Å². The van der Waals surface area contributed by atoms with Crippen molar-refractivity contribution in [3.63, 3.8) is 0 Å². The predicted molar refractivity (Wildman–Crippen MR) is 83.6 cm³/mol. The summed E-state index contributed by atoms with van der Waals surface area (Å²) in [6.45, 7) is 10.1. The molecule has 1 aliphatic rings. The van der Waals surface area contributed by atoms with E-state index in [2.05, 4.69) is 47.0 Å². The van der Waals surface area contributed by atoms with E-state index >= 15 is 0 Å². The lowest BCUT2D eigenvalue weighted by Crippen LogP contribution is -2.49. The molecular weight excluding hydrogens is 322 g/mol. The fraction of sp³-hybridized carbons (Fsp3) is 0.714. The number of nitrogens with zero attached hydrogens (tertiary/aromatic N) is 1. The summed E-state index contributed by atoms with van der Waals surface area (Å²) in [5.41, 5.74) is 0. The highest BCUT2D eigenvalue weighted by Gasteiger charge is 2.28. The highest BCUT2D eigenvalue weighted by molar-refractivity contribution is 9.11. The van der Waals surface area contributed by atoms with Crippen LogP contribution in [-0.4, -0.2) is 43.0 Å². The van der Waals surface area contributed by atoms with E-state index in [1.54, 1.807) is 4.90 Å². The zero-order chi connectivity index (χ0) is 15.1. The van der Waals surface area contributed by atoms with E-state index in [0.717, 1.165) is 23.9 Å². The summed E-state index contributed by atoms with van der Waals surface area (Å²) in [4.78, 5) is 25.7. The first-order valence-electron chi connectivity index (χ1n) is 7.04. The van der Waals surface area contributed by atoms with Crippen LogP contribution in [0, 0.1) is 11.8 Å². The molecule has 0 unspecified atom stereocenters. The summed E-state index contributed by atoms with van der Waals surface area (Å²) in [6, 6.07) is -0.0684. The largest absolute Gasteiger partial charge is 0.351 e. The zero-order valence-corrected chi connectivity index (χ0v) is 13.8. The molecule has 20 heavy (non-hydrogen) atoms. The second kappa shape index (κ2) is 8.29. The van der Waals surface area contributed by atoms with E-state index in [4.69, 9.17) is 0 Å². The summed E-state index contributed by atoms with van der Waals surface area (Å²) >= 11 is 3.21. The number of halogens is 1. The fourth-order valence-corrected chi connectivity index (χ4v) is 2.25. The summed E-state index contributed by atoms with van der Waals surface area (Å²) < 4.78 is 0.744. The number of carbonyl (C=O) groups excluding carboxylic acids is 2. The fourth-order valence-electron chi connectivity index (χ4n) is 2.11. The number of nitrogens with one attached hydrogen (secondary N) is 2. The maximum atomic E-state index is 12.0. The molecule has 0 aromatic heterocycles. The third kappa shape index (κ3) is 5.94. The van der Waals surface area contributed by atoms with Crippen LogP contribution < -0.4 is 10.6 Å². The molecule has 0 aliphatic carbocycles. The maximum Gasteiger partial charge on any atom is 0.317 e. The van der Waals surface area contributed by atoms with Crippen LogP contribution in [0.2, 0.25) is 0 Å². The Kier molecular flexibility index (Phi) is 7.05. The van der Waals surface area contributed by atoms with Gasteiger partial charge in [-0.3, -0.25) is 4.79 Å². The van der Waals surface area contributed by atoms with Crippen LogP contribution in [0.3, 0.4) is 0 Å². The topological polar surface area (TPSA) is 61.4 Å². The summed E-state index contributed by atoms with van der Waals surface area (Å²) in [5, 5.41) is 5.71. The Labute approximate surface area is 129 Å². The lowest BCUT2D eigenvalue weighted by atomic mass is 9.97. The third-order valence-electron chi connectivity index (χ3n) is 3.20. The summed E-state index contributed by atoms with van der Waals surface area (Å²) in [7, 11) is 0. The minimum absolute atomic E-state index is 0.00744. The summed E-state index contributed by atoms with van der Waals surface area (Å²) in [6.07, 6.45) is 1.69. The molecule has 1 rings (SSSR count). The number of urea groups is 1. The number of likely N-dealkylation sites (tertiary alicyclic amines) is 1. The SMILES string of the molecule is C=C(Br)CNC(=O)[C@@H]1CCCN(C(=O)NCC(C)C)C1. The van der Waals surface area contributed by atoms with Crippen molar-refractivity contribution in [2.75, 3.05) is 26.2 Å². The Morgan fingerprint density at radius 3 is 2.70 bits per heavy atom. The van der Waals surface area contributed by atoms with Crippen molar-refractivity contribution in [2.45, 2.75) is 26.7 Å². The molecule has 1 fully saturated rings. The molecule has 1 aliphatic heterocycles. The Bertz CT molecular complexity index is 371. The van der Waals surface area contributed by atoms with Gasteiger partial charge in [0.2, 0.25) is 5.91 Å². The van der Waals surface area contributed by atoms with Gasteiger partial charge in [-0.05, 0) is 18.8 Å². The number of amides is 3.